The molecular formula is C9H12O6S. The second-order valence-corrected chi connectivity index (χ2v) is 3.95. The zero-order valence-corrected chi connectivity index (χ0v) is 9.44. The molecule has 0 aromatic heterocycles. The van der Waals surface area contributed by atoms with Crippen molar-refractivity contribution >= 4 is 10.4 Å². The summed E-state index contributed by atoms with van der Waals surface area (Å²) in [4.78, 5) is 0. The lowest BCUT2D eigenvalue weighted by Crippen LogP contribution is -2.07. The van der Waals surface area contributed by atoms with Crippen LogP contribution in [0.5, 0.6) is 5.75 Å². The van der Waals surface area contributed by atoms with Crippen LogP contribution in [0.15, 0.2) is 24.3 Å². The molecule has 1 N–H and O–H groups in total. The Morgan fingerprint density at radius 3 is 2.38 bits per heavy atom. The van der Waals surface area contributed by atoms with Crippen LogP contribution in [0.3, 0.4) is 0 Å². The number of rotatable bonds is 6. The largest absolute Gasteiger partial charge is 0.497 e. The molecule has 0 radical (unpaired) electrons. The molecule has 0 saturated carbocycles. The van der Waals surface area contributed by atoms with Gasteiger partial charge in [-0.1, -0.05) is 12.1 Å². The van der Waals surface area contributed by atoms with E-state index in [4.69, 9.17) is 14.0 Å². The highest BCUT2D eigenvalue weighted by Crippen LogP contribution is 2.11. The lowest BCUT2D eigenvalue weighted by Gasteiger charge is -2.04. The smallest absolute Gasteiger partial charge is 0.399 e. The summed E-state index contributed by atoms with van der Waals surface area (Å²) >= 11 is 0. The lowest BCUT2D eigenvalue weighted by molar-refractivity contribution is 0.00284. The summed E-state index contributed by atoms with van der Waals surface area (Å²) < 4.78 is 42.4. The SMILES string of the molecule is COc1ccc(COCOS(=O)(=O)O)cc1. The molecule has 0 amide bonds. The van der Waals surface area contributed by atoms with E-state index in [0.29, 0.717) is 0 Å². The Labute approximate surface area is 93.7 Å². The molecule has 0 aliphatic heterocycles. The number of ether oxygens (including phenoxy) is 2. The summed E-state index contributed by atoms with van der Waals surface area (Å²) in [7, 11) is -2.87. The second-order valence-electron chi connectivity index (χ2n) is 2.86. The fraction of sp³-hybridized carbons (Fsp3) is 0.333. The Balaban J connectivity index is 2.32. The van der Waals surface area contributed by atoms with Gasteiger partial charge in [0.15, 0.2) is 6.79 Å². The maximum Gasteiger partial charge on any atom is 0.399 e. The monoisotopic (exact) mass is 248 g/mol. The highest BCUT2D eigenvalue weighted by Gasteiger charge is 2.03. The average Bonchev–Trinajstić information content (AvgIpc) is 2.24. The van der Waals surface area contributed by atoms with Gasteiger partial charge in [-0.2, -0.15) is 8.42 Å². The van der Waals surface area contributed by atoms with Gasteiger partial charge in [0.05, 0.1) is 13.7 Å². The molecule has 0 atom stereocenters. The van der Waals surface area contributed by atoms with E-state index in [2.05, 4.69) is 4.18 Å². The topological polar surface area (TPSA) is 82.1 Å². The van der Waals surface area contributed by atoms with Crippen molar-refractivity contribution in [3.8, 4) is 5.75 Å². The third-order valence-electron chi connectivity index (χ3n) is 1.71. The van der Waals surface area contributed by atoms with E-state index in [1.54, 1.807) is 31.4 Å². The van der Waals surface area contributed by atoms with Crippen LogP contribution in [0.25, 0.3) is 0 Å². The van der Waals surface area contributed by atoms with Crippen molar-refractivity contribution in [2.24, 2.45) is 0 Å². The number of methoxy groups -OCH3 is 1. The molecule has 1 aromatic carbocycles. The highest BCUT2D eigenvalue weighted by atomic mass is 32.3. The average molecular weight is 248 g/mol. The predicted octanol–water partition coefficient (Wildman–Crippen LogP) is 0.989. The Hall–Kier alpha value is -1.15. The first-order valence-corrected chi connectivity index (χ1v) is 5.70. The molecule has 0 bridgehead atoms. The van der Waals surface area contributed by atoms with Crippen molar-refractivity contribution in [2.75, 3.05) is 13.9 Å². The maximum atomic E-state index is 10.2. The summed E-state index contributed by atoms with van der Waals surface area (Å²) in [6, 6.07) is 7.04. The maximum absolute atomic E-state index is 10.2. The van der Waals surface area contributed by atoms with Crippen LogP contribution in [0, 0.1) is 0 Å². The van der Waals surface area contributed by atoms with E-state index < -0.39 is 17.2 Å². The van der Waals surface area contributed by atoms with Crippen LogP contribution in [0.4, 0.5) is 0 Å². The van der Waals surface area contributed by atoms with E-state index in [1.165, 1.54) is 0 Å². The number of hydrogen-bond donors (Lipinski definition) is 1. The minimum Gasteiger partial charge on any atom is -0.497 e. The molecule has 0 heterocycles. The molecule has 0 saturated heterocycles. The lowest BCUT2D eigenvalue weighted by atomic mass is 10.2. The molecule has 1 aromatic rings. The fourth-order valence-corrected chi connectivity index (χ4v) is 1.17. The minimum atomic E-state index is -4.43. The first-order chi connectivity index (χ1) is 7.51. The summed E-state index contributed by atoms with van der Waals surface area (Å²) in [6.07, 6.45) is 0. The highest BCUT2D eigenvalue weighted by molar-refractivity contribution is 7.80. The van der Waals surface area contributed by atoms with Gasteiger partial charge < -0.3 is 9.47 Å². The number of benzene rings is 1. The van der Waals surface area contributed by atoms with Crippen LogP contribution in [-0.2, 0) is 25.9 Å². The van der Waals surface area contributed by atoms with Crippen molar-refractivity contribution in [3.63, 3.8) is 0 Å². The van der Waals surface area contributed by atoms with Gasteiger partial charge in [-0.15, -0.1) is 0 Å². The molecule has 0 unspecified atom stereocenters. The van der Waals surface area contributed by atoms with Gasteiger partial charge in [0.2, 0.25) is 0 Å². The summed E-state index contributed by atoms with van der Waals surface area (Å²) in [5.41, 5.74) is 0.833. The molecule has 1 rings (SSSR count). The molecule has 0 aliphatic rings. The van der Waals surface area contributed by atoms with Crippen LogP contribution in [-0.4, -0.2) is 26.9 Å². The zero-order chi connectivity index (χ0) is 12.0. The standard InChI is InChI=1S/C9H12O6S/c1-13-9-4-2-8(3-5-9)6-14-7-15-16(10,11)12/h2-5H,6-7H2,1H3,(H,10,11,12). The third kappa shape index (κ3) is 5.08. The van der Waals surface area contributed by atoms with E-state index in [-0.39, 0.29) is 6.61 Å². The van der Waals surface area contributed by atoms with E-state index >= 15 is 0 Å². The normalized spacial score (nSPS) is 11.4. The molecule has 7 heteroatoms. The van der Waals surface area contributed by atoms with E-state index in [1.807, 2.05) is 0 Å². The zero-order valence-electron chi connectivity index (χ0n) is 8.62. The summed E-state index contributed by atoms with van der Waals surface area (Å²) in [6.45, 7) is -0.343. The van der Waals surface area contributed by atoms with Gasteiger partial charge >= 0.3 is 10.4 Å². The summed E-state index contributed by atoms with van der Waals surface area (Å²) in [5, 5.41) is 0. The van der Waals surface area contributed by atoms with Gasteiger partial charge in [-0.05, 0) is 17.7 Å². The molecule has 0 spiro atoms. The molecular weight excluding hydrogens is 236 g/mol. The van der Waals surface area contributed by atoms with Gasteiger partial charge in [0.1, 0.15) is 5.75 Å². The second kappa shape index (κ2) is 5.80. The molecule has 90 valence electrons. The quantitative estimate of drug-likeness (QED) is 0.459. The van der Waals surface area contributed by atoms with Crippen molar-refractivity contribution in [3.05, 3.63) is 29.8 Å². The minimum absolute atomic E-state index is 0.180. The van der Waals surface area contributed by atoms with Gasteiger partial charge in [-0.3, -0.25) is 4.55 Å². The van der Waals surface area contributed by atoms with Crippen LogP contribution in [0.1, 0.15) is 5.56 Å². The van der Waals surface area contributed by atoms with Gasteiger partial charge in [0, 0.05) is 0 Å². The Kier molecular flexibility index (Phi) is 4.69. The first-order valence-electron chi connectivity index (χ1n) is 4.34. The Morgan fingerprint density at radius 1 is 1.25 bits per heavy atom. The molecule has 0 aliphatic carbocycles. The van der Waals surface area contributed by atoms with Crippen molar-refractivity contribution in [1.82, 2.24) is 0 Å². The first kappa shape index (κ1) is 12.9. The summed E-state index contributed by atoms with van der Waals surface area (Å²) in [5.74, 6) is 0.720. The van der Waals surface area contributed by atoms with Crippen LogP contribution in [0.2, 0.25) is 0 Å². The van der Waals surface area contributed by atoms with Crippen molar-refractivity contribution < 1.29 is 26.6 Å². The molecule has 6 nitrogen and oxygen atoms in total. The van der Waals surface area contributed by atoms with Gasteiger partial charge in [-0.25, -0.2) is 4.18 Å². The predicted molar refractivity (Wildman–Crippen MR) is 55.3 cm³/mol. The van der Waals surface area contributed by atoms with Crippen LogP contribution < -0.4 is 4.74 Å². The fourth-order valence-electron chi connectivity index (χ4n) is 0.976. The Morgan fingerprint density at radius 2 is 1.88 bits per heavy atom. The van der Waals surface area contributed by atoms with Crippen molar-refractivity contribution in [1.29, 1.82) is 0 Å². The van der Waals surface area contributed by atoms with E-state index in [9.17, 15) is 8.42 Å². The molecule has 16 heavy (non-hydrogen) atoms. The Bertz CT molecular complexity index is 410. The molecule has 0 fully saturated rings. The van der Waals surface area contributed by atoms with Gasteiger partial charge in [0.25, 0.3) is 0 Å². The van der Waals surface area contributed by atoms with Crippen LogP contribution >= 0.6 is 0 Å². The number of hydrogen-bond acceptors (Lipinski definition) is 5. The third-order valence-corrected chi connectivity index (χ3v) is 2.10. The van der Waals surface area contributed by atoms with Crippen molar-refractivity contribution in [2.45, 2.75) is 6.61 Å². The van der Waals surface area contributed by atoms with E-state index in [0.717, 1.165) is 11.3 Å².